The molecule has 4 aromatic rings. The molecule has 121 heavy (non-hydrogen) atoms. The number of fused-ring (bicyclic) bond motifs is 6. The minimum atomic E-state index is -0.833. The fourth-order valence-corrected chi connectivity index (χ4v) is 26.5. The number of aromatic nitrogens is 6. The fourth-order valence-electron chi connectivity index (χ4n) is 26.1. The van der Waals surface area contributed by atoms with Crippen LogP contribution >= 0.6 is 15.9 Å². The molecule has 9 fully saturated rings. The van der Waals surface area contributed by atoms with E-state index >= 15 is 0 Å². The van der Waals surface area contributed by atoms with Crippen molar-refractivity contribution in [3.8, 4) is 11.4 Å². The smallest absolute Gasteiger partial charge is 0.481 e. The van der Waals surface area contributed by atoms with Gasteiger partial charge in [-0.05, 0) is 238 Å². The van der Waals surface area contributed by atoms with E-state index in [0.29, 0.717) is 85.8 Å². The molecule has 0 aromatic carbocycles. The van der Waals surface area contributed by atoms with Crippen LogP contribution in [0.2, 0.25) is 0 Å². The van der Waals surface area contributed by atoms with Gasteiger partial charge in [0.15, 0.2) is 10.6 Å². The molecule has 27 heteroatoms. The third kappa shape index (κ3) is 16.8. The predicted octanol–water partition coefficient (Wildman–Crippen LogP) is 18.1. The molecule has 0 spiro atoms. The summed E-state index contributed by atoms with van der Waals surface area (Å²) in [5.41, 5.74) is 14.5. The van der Waals surface area contributed by atoms with Crippen molar-refractivity contribution >= 4 is 52.4 Å². The van der Waals surface area contributed by atoms with Gasteiger partial charge in [-0.3, -0.25) is 19.2 Å². The normalized spacial score (nSPS) is 38.5. The number of carboxylic acids is 4. The number of allylic oxidation sites excluding steroid dienone is 2. The van der Waals surface area contributed by atoms with Crippen molar-refractivity contribution in [2.75, 3.05) is 39.6 Å². The van der Waals surface area contributed by atoms with Crippen LogP contribution in [0.1, 0.15) is 269 Å². The van der Waals surface area contributed by atoms with Gasteiger partial charge in [0.25, 0.3) is 11.9 Å². The zero-order valence-corrected chi connectivity index (χ0v) is 80.7. The predicted molar refractivity (Wildman–Crippen MR) is 466 cm³/mol. The SMILES string of the molecule is CC(=O)O.CC(=O)O.CC(C)[C@@H](C)[C@@]1(C)CC[C@]2(C)[C@H]3CC[C@@H]4[C@@]5(COC[C@@]4(C)[C@@H](OC[C@](C)(N)C(C)C)[C@H](n4ncnc4-c4ccoc4)C5)C3=CC[C@@]2(C)[C@@H]1C(=O)O.CC(C)[C@@H](C)[C@@]1(C)CC[C@]2(C)[C@H]3CC[C@@H]4[C@@]5(COC[C@@]4(C)[C@@H](OC[C@](C)(N)C(C)C)[C@H](n4ncnc4Br)C5)C3=CC[C@@]2(C)[C@@H]1C(=O)O.CC1(C)OB(c2ccoc2)OC1(C)C.[Pd]. The number of hydrogen-bond donors (Lipinski definition) is 6. The molecular formula is C94H148BBrN8O16Pd. The van der Waals surface area contributed by atoms with Crippen LogP contribution in [0.4, 0.5) is 0 Å². The summed E-state index contributed by atoms with van der Waals surface area (Å²) >= 11 is 3.72. The molecule has 4 bridgehead atoms. The van der Waals surface area contributed by atoms with Crippen molar-refractivity contribution < 1.29 is 97.1 Å². The van der Waals surface area contributed by atoms with Gasteiger partial charge in [0, 0.05) is 72.5 Å². The van der Waals surface area contributed by atoms with Crippen LogP contribution in [0.5, 0.6) is 0 Å². The van der Waals surface area contributed by atoms with Crippen LogP contribution < -0.4 is 16.9 Å². The molecule has 8 aliphatic carbocycles. The van der Waals surface area contributed by atoms with Gasteiger partial charge in [0.05, 0.1) is 111 Å². The third-order valence-electron chi connectivity index (χ3n) is 35.5. The van der Waals surface area contributed by atoms with E-state index in [4.69, 9.17) is 83.5 Å². The molecule has 24 nitrogen and oxygen atoms in total. The quantitative estimate of drug-likeness (QED) is 0.0398. The number of nitrogens with two attached hydrogens (primary N) is 2. The molecule has 0 radical (unpaired) electrons. The Bertz CT molecular complexity index is 4320. The van der Waals surface area contributed by atoms with Gasteiger partial charge in [-0.15, -0.1) is 0 Å². The molecule has 11 aliphatic rings. The van der Waals surface area contributed by atoms with E-state index in [1.54, 1.807) is 37.7 Å². The molecule has 4 aromatic heterocycles. The summed E-state index contributed by atoms with van der Waals surface area (Å²) in [4.78, 5) is 54.2. The van der Waals surface area contributed by atoms with E-state index in [-0.39, 0.29) is 135 Å². The first-order chi connectivity index (χ1) is 55.6. The number of aliphatic carboxylic acids is 4. The van der Waals surface area contributed by atoms with E-state index < -0.39 is 46.8 Å². The summed E-state index contributed by atoms with van der Waals surface area (Å²) < 4.78 is 54.6. The molecule has 0 unspecified atom stereocenters. The Hall–Kier alpha value is -4.91. The van der Waals surface area contributed by atoms with Crippen LogP contribution in [0.25, 0.3) is 11.4 Å². The van der Waals surface area contributed by atoms with Crippen LogP contribution in [-0.2, 0) is 67.9 Å². The Kier molecular flexibility index (Phi) is 28.6. The Morgan fingerprint density at radius 1 is 0.562 bits per heavy atom. The van der Waals surface area contributed by atoms with E-state index in [1.807, 2.05) is 44.5 Å². The second kappa shape index (κ2) is 35.3. The summed E-state index contributed by atoms with van der Waals surface area (Å²) in [5, 5.41) is 46.6. The second-order valence-electron chi connectivity index (χ2n) is 43.7. The zero-order chi connectivity index (χ0) is 89.0. The molecule has 3 saturated heterocycles. The number of halogens is 1. The second-order valence-corrected chi connectivity index (χ2v) is 44.4. The van der Waals surface area contributed by atoms with Crippen molar-refractivity contribution in [3.63, 3.8) is 0 Å². The third-order valence-corrected chi connectivity index (χ3v) is 36.1. The monoisotopic (exact) mass is 1840 g/mol. The first-order valence-electron chi connectivity index (χ1n) is 44.6. The van der Waals surface area contributed by atoms with Crippen LogP contribution in [0, 0.1) is 125 Å². The number of rotatable bonds is 18. The number of furan rings is 2. The molecule has 6 saturated carbocycles. The van der Waals surface area contributed by atoms with Gasteiger partial charge in [0.2, 0.25) is 0 Å². The van der Waals surface area contributed by atoms with Gasteiger partial charge in [-0.2, -0.15) is 10.2 Å². The van der Waals surface area contributed by atoms with E-state index in [1.165, 1.54) is 11.1 Å². The average molecular weight is 1840 g/mol. The molecule has 680 valence electrons. The maximum Gasteiger partial charge on any atom is 0.498 e. The van der Waals surface area contributed by atoms with Crippen molar-refractivity contribution in [1.82, 2.24) is 29.5 Å². The number of nitrogens with zero attached hydrogens (tertiary/aromatic N) is 6. The van der Waals surface area contributed by atoms with E-state index in [0.717, 1.165) is 108 Å². The first-order valence-corrected chi connectivity index (χ1v) is 45.4. The number of ether oxygens (including phenoxy) is 4. The zero-order valence-electron chi connectivity index (χ0n) is 77.5. The largest absolute Gasteiger partial charge is 0.498 e. The summed E-state index contributed by atoms with van der Waals surface area (Å²) in [6.45, 7) is 59.1. The molecule has 0 amide bonds. The fraction of sp³-hybridized carbons (Fsp3) is 0.787. The van der Waals surface area contributed by atoms with Crippen molar-refractivity contribution in [1.29, 1.82) is 0 Å². The molecule has 15 rings (SSSR count). The summed E-state index contributed by atoms with van der Waals surface area (Å²) in [7, 11) is -0.307. The van der Waals surface area contributed by atoms with Gasteiger partial charge in [-0.1, -0.05) is 148 Å². The van der Waals surface area contributed by atoms with Gasteiger partial charge in [0.1, 0.15) is 18.9 Å². The summed E-state index contributed by atoms with van der Waals surface area (Å²) in [6, 6.07) is 3.65. The van der Waals surface area contributed by atoms with Crippen molar-refractivity contribution in [3.05, 3.63) is 77.9 Å². The number of hydrogen-bond acceptors (Lipinski definition) is 18. The Labute approximate surface area is 743 Å². The minimum Gasteiger partial charge on any atom is -0.481 e. The summed E-state index contributed by atoms with van der Waals surface area (Å²) in [5.74, 6) is 0.374. The minimum absolute atomic E-state index is 0. The summed E-state index contributed by atoms with van der Waals surface area (Å²) in [6.07, 6.45) is 26.1. The standard InChI is InChI=1S/C42H64N4O5.C38H61BrN4O4.C10H15BO3.2C2H4O2.Pd/c1-25(2)27(5)37(6)16-17-39(8)29-11-12-32-38(7)21-50-23-42(32,30(29)13-15-40(39,9)33(37)36(47)48)19-31(34(38)51-22-41(10,43)26(3)4)46-35(44-24-45-46)28-14-18-49-20-28;1-22(2)24(5)33(6)15-16-35(8)25-11-12-28-34(7)18-46-20-38(28,26(25)13-14-36(35,9)29(33)31(44)45)17-27(43-32(39)41-21-42-43)30(34)47-19-37(10,40)23(3)4;1-9(2)10(3,4)14-11(13-9)8-5-6-12-7-8;2*1-2(3)4;/h13-14,18,20,24-27,29,31-34H,11-12,15-17,19,21-23,43H2,1-10H3,(H,47,48);13,21-25,27-30H,11-12,14-20,40H2,1-10H3,(H,44,45);5-7H,1-4H3;2*1H3,(H,3,4);/t27-,29+,31-,32+,33-,34+,37-,38-,39-,40+,41+,42+;24-,25+,27-,28+,29-,30+,33-,34-,35-,36+,37+,38+;;;;/m11..../s1. The van der Waals surface area contributed by atoms with Gasteiger partial charge < -0.3 is 69.0 Å². The Morgan fingerprint density at radius 2 is 0.950 bits per heavy atom. The van der Waals surface area contributed by atoms with Crippen LogP contribution in [0.3, 0.4) is 0 Å². The Balaban J connectivity index is 0.000000202. The number of carboxylic acid groups (broad SMARTS) is 4. The van der Waals surface area contributed by atoms with Gasteiger partial charge in [-0.25, -0.2) is 19.3 Å². The van der Waals surface area contributed by atoms with Crippen LogP contribution in [0.15, 0.2) is 86.7 Å². The molecular weight excluding hydrogens is 1690 g/mol. The molecule has 24 atom stereocenters. The van der Waals surface area contributed by atoms with Crippen molar-refractivity contribution in [2.45, 2.75) is 304 Å². The maximum absolute atomic E-state index is 13.5. The first kappa shape index (κ1) is 98.3. The van der Waals surface area contributed by atoms with Gasteiger partial charge >= 0.3 is 19.1 Å². The molecule has 8 N–H and O–H groups in total. The van der Waals surface area contributed by atoms with Crippen molar-refractivity contribution in [2.24, 2.45) is 137 Å². The Morgan fingerprint density at radius 3 is 1.31 bits per heavy atom. The molecule has 7 heterocycles. The van der Waals surface area contributed by atoms with E-state index in [9.17, 15) is 19.8 Å². The topological polar surface area (TPSA) is 344 Å². The average Bonchev–Trinajstić information content (AvgIpc) is 1.15. The van der Waals surface area contributed by atoms with E-state index in [2.05, 4.69) is 176 Å². The molecule has 3 aliphatic heterocycles. The number of carbonyl (C=O) groups is 4. The maximum atomic E-state index is 13.5. The van der Waals surface area contributed by atoms with Crippen LogP contribution in [-0.4, -0.2) is 155 Å².